The maximum atomic E-state index is 5.61. The Labute approximate surface area is 63.3 Å². The monoisotopic (exact) mass is 162 g/mol. The van der Waals surface area contributed by atoms with E-state index in [1.54, 1.807) is 18.2 Å². The van der Waals surface area contributed by atoms with E-state index in [4.69, 9.17) is 23.5 Å². The van der Waals surface area contributed by atoms with Crippen LogP contribution in [-0.2, 0) is 0 Å². The lowest BCUT2D eigenvalue weighted by molar-refractivity contribution is 0.619. The second kappa shape index (κ2) is 2.95. The van der Waals surface area contributed by atoms with Crippen molar-refractivity contribution in [2.45, 2.75) is 0 Å². The molecule has 0 bridgehead atoms. The molecule has 3 heteroatoms. The van der Waals surface area contributed by atoms with Crippen molar-refractivity contribution in [1.29, 1.82) is 0 Å². The molecule has 48 valence electrons. The molecule has 0 saturated heterocycles. The van der Waals surface area contributed by atoms with Crippen molar-refractivity contribution in [2.24, 2.45) is 0 Å². The summed E-state index contributed by atoms with van der Waals surface area (Å²) < 4.78 is 4.39. The van der Waals surface area contributed by atoms with Gasteiger partial charge in [0, 0.05) is 0 Å². The standard InChI is InChI=1S/C6H4Cl2O/c7-5-3-1-2-4-6(5)9-8/h1-4H. The first-order valence-electron chi connectivity index (χ1n) is 2.37. The van der Waals surface area contributed by atoms with Crippen molar-refractivity contribution in [2.75, 3.05) is 0 Å². The zero-order valence-electron chi connectivity index (χ0n) is 4.47. The van der Waals surface area contributed by atoms with Crippen molar-refractivity contribution in [3.8, 4) is 5.75 Å². The molecule has 0 heterocycles. The Bertz CT molecular complexity index is 200. The van der Waals surface area contributed by atoms with Crippen LogP contribution in [0, 0.1) is 0 Å². The Balaban J connectivity index is 3.01. The van der Waals surface area contributed by atoms with Gasteiger partial charge in [-0.05, 0) is 12.1 Å². The molecule has 1 nitrogen and oxygen atoms in total. The highest BCUT2D eigenvalue weighted by molar-refractivity contribution is 6.32. The van der Waals surface area contributed by atoms with Crippen molar-refractivity contribution in [3.63, 3.8) is 0 Å². The lowest BCUT2D eigenvalue weighted by Gasteiger charge is -1.95. The number of halogens is 2. The van der Waals surface area contributed by atoms with Crippen molar-refractivity contribution in [3.05, 3.63) is 29.3 Å². The van der Waals surface area contributed by atoms with Crippen LogP contribution in [0.15, 0.2) is 24.3 Å². The highest BCUT2D eigenvalue weighted by atomic mass is 35.5. The van der Waals surface area contributed by atoms with Crippen LogP contribution in [0.1, 0.15) is 0 Å². The fourth-order valence-corrected chi connectivity index (χ4v) is 0.856. The summed E-state index contributed by atoms with van der Waals surface area (Å²) in [4.78, 5) is 0. The van der Waals surface area contributed by atoms with Gasteiger partial charge in [-0.1, -0.05) is 23.7 Å². The zero-order valence-corrected chi connectivity index (χ0v) is 5.99. The molecule has 1 rings (SSSR count). The van der Waals surface area contributed by atoms with Gasteiger partial charge in [0.25, 0.3) is 0 Å². The predicted molar refractivity (Wildman–Crippen MR) is 37.9 cm³/mol. The van der Waals surface area contributed by atoms with Gasteiger partial charge in [-0.15, -0.1) is 0 Å². The van der Waals surface area contributed by atoms with E-state index in [9.17, 15) is 0 Å². The molecule has 0 atom stereocenters. The summed E-state index contributed by atoms with van der Waals surface area (Å²) in [5.41, 5.74) is 0. The molecule has 0 N–H and O–H groups in total. The predicted octanol–water partition coefficient (Wildman–Crippen LogP) is 2.87. The maximum Gasteiger partial charge on any atom is 0.164 e. The lowest BCUT2D eigenvalue weighted by Crippen LogP contribution is -1.73. The summed E-state index contributed by atoms with van der Waals surface area (Å²) in [7, 11) is 0. The summed E-state index contributed by atoms with van der Waals surface area (Å²) in [6.07, 6.45) is 0. The average molecular weight is 163 g/mol. The lowest BCUT2D eigenvalue weighted by atomic mass is 10.3. The van der Waals surface area contributed by atoms with Gasteiger partial charge in [-0.3, -0.25) is 0 Å². The molecule has 0 aromatic heterocycles. The number of para-hydroxylation sites is 1. The van der Waals surface area contributed by atoms with E-state index in [1.165, 1.54) is 0 Å². The molecular weight excluding hydrogens is 159 g/mol. The van der Waals surface area contributed by atoms with Gasteiger partial charge < -0.3 is 4.29 Å². The summed E-state index contributed by atoms with van der Waals surface area (Å²) in [6.45, 7) is 0. The molecular formula is C6H4Cl2O. The normalized spacial score (nSPS) is 9.11. The number of hydrogen-bond acceptors (Lipinski definition) is 1. The minimum Gasteiger partial charge on any atom is -0.384 e. The van der Waals surface area contributed by atoms with E-state index in [0.29, 0.717) is 10.8 Å². The van der Waals surface area contributed by atoms with Crippen molar-refractivity contribution < 1.29 is 4.29 Å². The van der Waals surface area contributed by atoms with Gasteiger partial charge in [0.2, 0.25) is 0 Å². The summed E-state index contributed by atoms with van der Waals surface area (Å²) >= 11 is 10.7. The molecule has 0 aliphatic heterocycles. The first kappa shape index (κ1) is 6.72. The molecule has 0 unspecified atom stereocenters. The number of rotatable bonds is 1. The summed E-state index contributed by atoms with van der Waals surface area (Å²) in [5.74, 6) is 0.487. The third kappa shape index (κ3) is 1.50. The first-order chi connectivity index (χ1) is 4.34. The van der Waals surface area contributed by atoms with E-state index < -0.39 is 0 Å². The van der Waals surface area contributed by atoms with Crippen LogP contribution in [0.4, 0.5) is 0 Å². The molecule has 0 aliphatic rings. The molecule has 0 amide bonds. The third-order valence-corrected chi connectivity index (χ3v) is 1.40. The van der Waals surface area contributed by atoms with Crippen LogP contribution in [0.5, 0.6) is 5.75 Å². The Morgan fingerprint density at radius 2 is 1.89 bits per heavy atom. The molecule has 0 spiro atoms. The summed E-state index contributed by atoms with van der Waals surface area (Å²) in [5, 5.41) is 0.521. The van der Waals surface area contributed by atoms with Crippen molar-refractivity contribution in [1.82, 2.24) is 0 Å². The Morgan fingerprint density at radius 3 is 2.33 bits per heavy atom. The largest absolute Gasteiger partial charge is 0.384 e. The van der Waals surface area contributed by atoms with Crippen LogP contribution in [0.2, 0.25) is 5.02 Å². The van der Waals surface area contributed by atoms with Crippen LogP contribution in [0.3, 0.4) is 0 Å². The van der Waals surface area contributed by atoms with E-state index in [1.807, 2.05) is 6.07 Å². The minimum atomic E-state index is 0.487. The second-order valence-corrected chi connectivity index (χ2v) is 2.07. The first-order valence-corrected chi connectivity index (χ1v) is 3.06. The quantitative estimate of drug-likeness (QED) is 0.618. The van der Waals surface area contributed by atoms with E-state index in [0.717, 1.165) is 0 Å². The molecule has 1 aromatic rings. The van der Waals surface area contributed by atoms with Crippen LogP contribution in [-0.4, -0.2) is 0 Å². The Kier molecular flexibility index (Phi) is 2.20. The Hall–Kier alpha value is -0.400. The topological polar surface area (TPSA) is 9.23 Å². The van der Waals surface area contributed by atoms with Gasteiger partial charge in [-0.25, -0.2) is 0 Å². The third-order valence-electron chi connectivity index (χ3n) is 0.920. The molecule has 0 radical (unpaired) electrons. The van der Waals surface area contributed by atoms with Crippen molar-refractivity contribution >= 4 is 23.5 Å². The number of benzene rings is 1. The van der Waals surface area contributed by atoms with Gasteiger partial charge in [0.05, 0.1) is 5.02 Å². The van der Waals surface area contributed by atoms with Crippen LogP contribution >= 0.6 is 23.5 Å². The average Bonchev–Trinajstić information content (AvgIpc) is 1.89. The zero-order chi connectivity index (χ0) is 6.69. The molecule has 0 fully saturated rings. The van der Waals surface area contributed by atoms with Crippen LogP contribution in [0.25, 0.3) is 0 Å². The minimum absolute atomic E-state index is 0.487. The van der Waals surface area contributed by atoms with E-state index in [2.05, 4.69) is 4.29 Å². The SMILES string of the molecule is ClOc1ccccc1Cl. The molecule has 0 saturated carbocycles. The smallest absolute Gasteiger partial charge is 0.164 e. The van der Waals surface area contributed by atoms with E-state index in [-0.39, 0.29) is 0 Å². The van der Waals surface area contributed by atoms with Gasteiger partial charge in [-0.2, -0.15) is 0 Å². The number of hydrogen-bond donors (Lipinski definition) is 0. The van der Waals surface area contributed by atoms with E-state index >= 15 is 0 Å². The molecule has 1 aromatic carbocycles. The molecule has 9 heavy (non-hydrogen) atoms. The fourth-order valence-electron chi connectivity index (χ4n) is 0.507. The second-order valence-electron chi connectivity index (χ2n) is 1.51. The summed E-state index contributed by atoms with van der Waals surface area (Å²) in [6, 6.07) is 7.00. The Morgan fingerprint density at radius 1 is 1.22 bits per heavy atom. The van der Waals surface area contributed by atoms with Gasteiger partial charge in [0.15, 0.2) is 5.75 Å². The highest BCUT2D eigenvalue weighted by Gasteiger charge is 1.95. The van der Waals surface area contributed by atoms with Crippen LogP contribution < -0.4 is 4.29 Å². The highest BCUT2D eigenvalue weighted by Crippen LogP contribution is 2.23. The molecule has 0 aliphatic carbocycles. The fraction of sp³-hybridized carbons (Fsp3) is 0. The van der Waals surface area contributed by atoms with Gasteiger partial charge >= 0.3 is 0 Å². The maximum absolute atomic E-state index is 5.61. The van der Waals surface area contributed by atoms with Gasteiger partial charge in [0.1, 0.15) is 11.9 Å².